The SMILES string of the molecule is CC1=C(CO)C(=O)O[C@@H]([C@@H](C)[C@H]2CC[C@H]3[C@@H]4CC=C5C=CC(=O)[C@]5(C)[C@H]4CC[C@]23C)C1. The third-order valence-electron chi connectivity index (χ3n) is 10.3. The number of cyclic esters (lactones) is 1. The van der Waals surface area contributed by atoms with Crippen molar-refractivity contribution in [2.75, 3.05) is 6.61 Å². The van der Waals surface area contributed by atoms with Gasteiger partial charge in [-0.3, -0.25) is 4.79 Å². The Balaban J connectivity index is 1.39. The maximum absolute atomic E-state index is 12.9. The zero-order chi connectivity index (χ0) is 22.1. The van der Waals surface area contributed by atoms with Gasteiger partial charge in [-0.2, -0.15) is 0 Å². The van der Waals surface area contributed by atoms with E-state index >= 15 is 0 Å². The number of esters is 1. The molecule has 0 radical (unpaired) electrons. The van der Waals surface area contributed by atoms with Crippen LogP contribution in [0, 0.1) is 40.4 Å². The Bertz CT molecular complexity index is 910. The van der Waals surface area contributed by atoms with E-state index in [1.54, 1.807) is 6.08 Å². The summed E-state index contributed by atoms with van der Waals surface area (Å²) >= 11 is 0. The van der Waals surface area contributed by atoms with Crippen LogP contribution < -0.4 is 0 Å². The molecule has 0 bridgehead atoms. The molecule has 0 unspecified atom stereocenters. The monoisotopic (exact) mass is 424 g/mol. The summed E-state index contributed by atoms with van der Waals surface area (Å²) in [7, 11) is 0. The highest BCUT2D eigenvalue weighted by Crippen LogP contribution is 2.66. The van der Waals surface area contributed by atoms with Crippen molar-refractivity contribution >= 4 is 11.8 Å². The first-order valence-corrected chi connectivity index (χ1v) is 12.2. The summed E-state index contributed by atoms with van der Waals surface area (Å²) in [6.45, 7) is 8.65. The highest BCUT2D eigenvalue weighted by Gasteiger charge is 2.61. The van der Waals surface area contributed by atoms with Gasteiger partial charge in [0.25, 0.3) is 0 Å². The summed E-state index contributed by atoms with van der Waals surface area (Å²) < 4.78 is 5.83. The molecule has 0 aromatic rings. The summed E-state index contributed by atoms with van der Waals surface area (Å²) in [4.78, 5) is 25.3. The van der Waals surface area contributed by atoms with Gasteiger partial charge in [0.05, 0.1) is 17.6 Å². The molecule has 0 saturated heterocycles. The van der Waals surface area contributed by atoms with Crippen LogP contribution in [0.4, 0.5) is 0 Å². The highest BCUT2D eigenvalue weighted by atomic mass is 16.5. The molecule has 0 aromatic carbocycles. The topological polar surface area (TPSA) is 63.6 Å². The molecule has 2 fully saturated rings. The summed E-state index contributed by atoms with van der Waals surface area (Å²) in [5.41, 5.74) is 2.59. The molecule has 4 heteroatoms. The number of carbonyl (C=O) groups is 2. The Morgan fingerprint density at radius 3 is 2.65 bits per heavy atom. The van der Waals surface area contributed by atoms with Crippen molar-refractivity contribution in [2.45, 2.75) is 72.3 Å². The van der Waals surface area contributed by atoms with Crippen molar-refractivity contribution in [2.24, 2.45) is 40.4 Å². The van der Waals surface area contributed by atoms with Gasteiger partial charge in [0, 0.05) is 6.42 Å². The normalized spacial score (nSPS) is 45.1. The molecule has 31 heavy (non-hydrogen) atoms. The average Bonchev–Trinajstić information content (AvgIpc) is 3.24. The molecule has 1 aliphatic heterocycles. The van der Waals surface area contributed by atoms with Gasteiger partial charge in [-0.15, -0.1) is 0 Å². The fraction of sp³-hybridized carbons (Fsp3) is 0.704. The second kappa shape index (κ2) is 7.16. The molecule has 2 saturated carbocycles. The minimum absolute atomic E-state index is 0.0999. The van der Waals surface area contributed by atoms with Gasteiger partial charge in [-0.05, 0) is 92.6 Å². The van der Waals surface area contributed by atoms with Gasteiger partial charge in [-0.1, -0.05) is 31.6 Å². The Labute approximate surface area is 185 Å². The van der Waals surface area contributed by atoms with Crippen molar-refractivity contribution in [3.05, 3.63) is 34.9 Å². The lowest BCUT2D eigenvalue weighted by Crippen LogP contribution is -2.51. The van der Waals surface area contributed by atoms with Crippen LogP contribution in [0.1, 0.15) is 66.2 Å². The van der Waals surface area contributed by atoms with Crippen LogP contribution in [0.25, 0.3) is 0 Å². The molecule has 0 spiro atoms. The number of rotatable bonds is 3. The zero-order valence-corrected chi connectivity index (χ0v) is 19.3. The average molecular weight is 425 g/mol. The van der Waals surface area contributed by atoms with E-state index in [2.05, 4.69) is 32.9 Å². The van der Waals surface area contributed by atoms with Crippen molar-refractivity contribution in [1.29, 1.82) is 0 Å². The molecule has 0 aromatic heterocycles. The quantitative estimate of drug-likeness (QED) is 0.662. The van der Waals surface area contributed by atoms with E-state index in [1.807, 2.05) is 6.92 Å². The number of aliphatic hydroxyl groups excluding tert-OH is 1. The van der Waals surface area contributed by atoms with Gasteiger partial charge in [-0.25, -0.2) is 4.79 Å². The van der Waals surface area contributed by atoms with E-state index in [0.29, 0.717) is 40.9 Å². The number of aliphatic hydroxyl groups is 1. The van der Waals surface area contributed by atoms with E-state index < -0.39 is 0 Å². The Morgan fingerprint density at radius 1 is 1.16 bits per heavy atom. The molecule has 0 amide bonds. The van der Waals surface area contributed by atoms with E-state index in [4.69, 9.17) is 4.74 Å². The molecule has 168 valence electrons. The lowest BCUT2D eigenvalue weighted by molar-refractivity contribution is -0.152. The summed E-state index contributed by atoms with van der Waals surface area (Å²) in [5, 5.41) is 9.49. The minimum Gasteiger partial charge on any atom is -0.458 e. The fourth-order valence-corrected chi connectivity index (χ4v) is 8.43. The second-order valence-electron chi connectivity index (χ2n) is 11.3. The summed E-state index contributed by atoms with van der Waals surface area (Å²) in [5.74, 6) is 2.44. The Hall–Kier alpha value is -1.68. The van der Waals surface area contributed by atoms with Crippen molar-refractivity contribution in [3.8, 4) is 0 Å². The smallest absolute Gasteiger partial charge is 0.336 e. The number of hydrogen-bond acceptors (Lipinski definition) is 4. The molecular weight excluding hydrogens is 388 g/mol. The molecule has 8 atom stereocenters. The summed E-state index contributed by atoms with van der Waals surface area (Å²) in [6.07, 6.45) is 12.6. The van der Waals surface area contributed by atoms with Crippen molar-refractivity contribution in [1.82, 2.24) is 0 Å². The number of fused-ring (bicyclic) bond motifs is 5. The molecule has 1 N–H and O–H groups in total. The van der Waals surface area contributed by atoms with Gasteiger partial charge in [0.2, 0.25) is 0 Å². The number of ketones is 1. The largest absolute Gasteiger partial charge is 0.458 e. The van der Waals surface area contributed by atoms with Crippen LogP contribution in [-0.4, -0.2) is 29.6 Å². The van der Waals surface area contributed by atoms with Crippen molar-refractivity contribution < 1.29 is 19.4 Å². The number of ether oxygens (including phenoxy) is 1. The maximum atomic E-state index is 12.9. The number of hydrogen-bond donors (Lipinski definition) is 1. The van der Waals surface area contributed by atoms with E-state index in [0.717, 1.165) is 31.3 Å². The molecular formula is C27H36O4. The van der Waals surface area contributed by atoms with Gasteiger partial charge >= 0.3 is 5.97 Å². The van der Waals surface area contributed by atoms with Crippen LogP contribution in [0.5, 0.6) is 0 Å². The van der Waals surface area contributed by atoms with Gasteiger partial charge in [0.15, 0.2) is 5.78 Å². The highest BCUT2D eigenvalue weighted by molar-refractivity contribution is 6.01. The Kier molecular flexibility index (Phi) is 4.89. The summed E-state index contributed by atoms with van der Waals surface area (Å²) in [6, 6.07) is 0. The van der Waals surface area contributed by atoms with Gasteiger partial charge < -0.3 is 9.84 Å². The maximum Gasteiger partial charge on any atom is 0.336 e. The van der Waals surface area contributed by atoms with Crippen LogP contribution >= 0.6 is 0 Å². The zero-order valence-electron chi connectivity index (χ0n) is 19.3. The Morgan fingerprint density at radius 2 is 1.94 bits per heavy atom. The molecule has 4 nitrogen and oxygen atoms in total. The lowest BCUT2D eigenvalue weighted by atomic mass is 9.48. The third-order valence-corrected chi connectivity index (χ3v) is 10.3. The van der Waals surface area contributed by atoms with E-state index in [-0.39, 0.29) is 29.5 Å². The van der Waals surface area contributed by atoms with E-state index in [9.17, 15) is 14.7 Å². The third kappa shape index (κ3) is 2.83. The van der Waals surface area contributed by atoms with Crippen LogP contribution in [0.15, 0.2) is 34.9 Å². The van der Waals surface area contributed by atoms with Gasteiger partial charge in [0.1, 0.15) is 6.10 Å². The molecule has 5 aliphatic rings. The molecule has 1 heterocycles. The van der Waals surface area contributed by atoms with E-state index in [1.165, 1.54) is 18.4 Å². The first-order chi connectivity index (χ1) is 14.7. The molecule has 5 rings (SSSR count). The minimum atomic E-state index is -0.336. The second-order valence-corrected chi connectivity index (χ2v) is 11.3. The first kappa shape index (κ1) is 21.2. The standard InChI is InChI=1S/C27H36O4/c1-15-13-23(31-25(30)19(15)14-28)16(2)20-8-9-21-18-7-5-17-6-10-24(29)27(17,4)22(18)11-12-26(20,21)3/h5-6,10,16,18,20-23,28H,7-9,11-14H2,1-4H3/t16-,18-,20+,21-,22-,23+,26+,27-/m0/s1. The van der Waals surface area contributed by atoms with Crippen LogP contribution in [-0.2, 0) is 14.3 Å². The lowest BCUT2D eigenvalue weighted by Gasteiger charge is -2.55. The van der Waals surface area contributed by atoms with Crippen LogP contribution in [0.3, 0.4) is 0 Å². The number of allylic oxidation sites excluding steroid dienone is 4. The predicted molar refractivity (Wildman–Crippen MR) is 119 cm³/mol. The molecule has 4 aliphatic carbocycles. The first-order valence-electron chi connectivity index (χ1n) is 12.2. The van der Waals surface area contributed by atoms with Crippen molar-refractivity contribution in [3.63, 3.8) is 0 Å². The number of carbonyl (C=O) groups excluding carboxylic acids is 2. The van der Waals surface area contributed by atoms with Crippen LogP contribution in [0.2, 0.25) is 0 Å². The predicted octanol–water partition coefficient (Wildman–Crippen LogP) is 4.78. The fourth-order valence-electron chi connectivity index (χ4n) is 8.43.